The fraction of sp³-hybridized carbons (Fsp3) is 0.350. The van der Waals surface area contributed by atoms with Crippen molar-refractivity contribution in [1.29, 1.82) is 0 Å². The Labute approximate surface area is 152 Å². The van der Waals surface area contributed by atoms with Gasteiger partial charge in [0.1, 0.15) is 6.10 Å². The number of pyridine rings is 1. The van der Waals surface area contributed by atoms with E-state index in [0.29, 0.717) is 25.3 Å². The summed E-state index contributed by atoms with van der Waals surface area (Å²) in [7, 11) is 1.86. The number of rotatable bonds is 2. The third-order valence-electron chi connectivity index (χ3n) is 4.85. The number of amides is 1. The molecule has 2 aromatic heterocycles. The lowest BCUT2D eigenvalue weighted by Crippen LogP contribution is -2.42. The molecule has 0 spiro atoms. The quantitative estimate of drug-likeness (QED) is 0.713. The molecule has 0 aliphatic carbocycles. The average Bonchev–Trinajstić information content (AvgIpc) is 2.95. The number of ether oxygens (including phenoxy) is 1. The number of morpholine rings is 1. The lowest BCUT2D eigenvalue weighted by Gasteiger charge is -2.33. The fourth-order valence-electron chi connectivity index (χ4n) is 3.61. The minimum Gasteiger partial charge on any atom is -0.370 e. The van der Waals surface area contributed by atoms with Crippen molar-refractivity contribution >= 4 is 16.9 Å². The Hall–Kier alpha value is -2.73. The molecule has 1 aromatic carbocycles. The van der Waals surface area contributed by atoms with Crippen molar-refractivity contribution in [2.75, 3.05) is 19.7 Å². The number of benzene rings is 1. The molecule has 1 fully saturated rings. The van der Waals surface area contributed by atoms with E-state index in [9.17, 15) is 4.79 Å². The molecule has 134 valence electrons. The van der Waals surface area contributed by atoms with Crippen molar-refractivity contribution in [2.45, 2.75) is 20.0 Å². The van der Waals surface area contributed by atoms with Crippen molar-refractivity contribution in [2.24, 2.45) is 7.05 Å². The molecule has 0 saturated carbocycles. The van der Waals surface area contributed by atoms with Crippen LogP contribution >= 0.6 is 0 Å². The first-order chi connectivity index (χ1) is 12.5. The number of nitrogens with zero attached hydrogens (tertiary/aromatic N) is 4. The van der Waals surface area contributed by atoms with Gasteiger partial charge in [-0.15, -0.1) is 0 Å². The number of aryl methyl sites for hydroxylation is 3. The number of hydrogen-bond donors (Lipinski definition) is 0. The van der Waals surface area contributed by atoms with Crippen molar-refractivity contribution in [1.82, 2.24) is 19.7 Å². The number of fused-ring (bicyclic) bond motifs is 1. The Morgan fingerprint density at radius 1 is 1.23 bits per heavy atom. The van der Waals surface area contributed by atoms with Gasteiger partial charge in [0, 0.05) is 19.3 Å². The number of hydrogen-bond acceptors (Lipinski definition) is 4. The maximum Gasteiger partial charge on any atom is 0.254 e. The molecule has 3 aromatic rings. The van der Waals surface area contributed by atoms with Crippen LogP contribution < -0.4 is 0 Å². The smallest absolute Gasteiger partial charge is 0.254 e. The summed E-state index contributed by atoms with van der Waals surface area (Å²) < 4.78 is 7.63. The van der Waals surface area contributed by atoms with Crippen molar-refractivity contribution in [3.05, 3.63) is 58.9 Å². The van der Waals surface area contributed by atoms with Gasteiger partial charge in [0.2, 0.25) is 0 Å². The molecule has 1 aliphatic heterocycles. The van der Waals surface area contributed by atoms with Crippen LogP contribution in [0, 0.1) is 13.8 Å². The molecule has 1 saturated heterocycles. The van der Waals surface area contributed by atoms with Gasteiger partial charge >= 0.3 is 0 Å². The molecular weight excluding hydrogens is 328 g/mol. The minimum atomic E-state index is -0.0951. The number of carbonyl (C=O) groups is 1. The summed E-state index contributed by atoms with van der Waals surface area (Å²) in [6.45, 7) is 5.49. The van der Waals surface area contributed by atoms with Gasteiger partial charge in [-0.25, -0.2) is 4.98 Å². The van der Waals surface area contributed by atoms with E-state index in [1.807, 2.05) is 62.2 Å². The number of aromatic nitrogens is 3. The van der Waals surface area contributed by atoms with Gasteiger partial charge in [0.25, 0.3) is 5.91 Å². The standard InChI is InChI=1S/C20H22N4O2/c1-13-11-16(18-14(2)22-23(3)19(18)21-13)20(25)24-9-10-26-17(12-24)15-7-5-4-6-8-15/h4-8,11,17H,9-10,12H2,1-3H3/t17-/m1/s1. The zero-order valence-electron chi connectivity index (χ0n) is 15.3. The van der Waals surface area contributed by atoms with Crippen molar-refractivity contribution in [3.8, 4) is 0 Å². The molecule has 1 atom stereocenters. The third-order valence-corrected chi connectivity index (χ3v) is 4.85. The Kier molecular flexibility index (Phi) is 4.20. The Morgan fingerprint density at radius 3 is 2.77 bits per heavy atom. The van der Waals surface area contributed by atoms with Gasteiger partial charge in [-0.2, -0.15) is 5.10 Å². The Morgan fingerprint density at radius 2 is 2.00 bits per heavy atom. The predicted octanol–water partition coefficient (Wildman–Crippen LogP) is 2.80. The van der Waals surface area contributed by atoms with E-state index in [0.717, 1.165) is 28.0 Å². The van der Waals surface area contributed by atoms with Crippen LogP contribution in [0.3, 0.4) is 0 Å². The monoisotopic (exact) mass is 350 g/mol. The molecule has 0 radical (unpaired) electrons. The largest absolute Gasteiger partial charge is 0.370 e. The molecular formula is C20H22N4O2. The maximum absolute atomic E-state index is 13.3. The van der Waals surface area contributed by atoms with Gasteiger partial charge in [-0.1, -0.05) is 30.3 Å². The van der Waals surface area contributed by atoms with Crippen LogP contribution in [0.2, 0.25) is 0 Å². The second kappa shape index (κ2) is 6.53. The van der Waals surface area contributed by atoms with Crippen LogP contribution in [0.1, 0.15) is 33.4 Å². The summed E-state index contributed by atoms with van der Waals surface area (Å²) in [6.07, 6.45) is -0.0951. The summed E-state index contributed by atoms with van der Waals surface area (Å²) in [4.78, 5) is 19.7. The molecule has 0 bridgehead atoms. The van der Waals surface area contributed by atoms with E-state index >= 15 is 0 Å². The van der Waals surface area contributed by atoms with Crippen molar-refractivity contribution < 1.29 is 9.53 Å². The van der Waals surface area contributed by atoms with Gasteiger partial charge in [0.15, 0.2) is 5.65 Å². The lowest BCUT2D eigenvalue weighted by molar-refractivity contribution is -0.0227. The van der Waals surface area contributed by atoms with Crippen molar-refractivity contribution in [3.63, 3.8) is 0 Å². The molecule has 0 N–H and O–H groups in total. The highest BCUT2D eigenvalue weighted by atomic mass is 16.5. The zero-order valence-corrected chi connectivity index (χ0v) is 15.3. The van der Waals surface area contributed by atoms with E-state index in [4.69, 9.17) is 4.74 Å². The summed E-state index contributed by atoms with van der Waals surface area (Å²) in [6, 6.07) is 11.9. The van der Waals surface area contributed by atoms with Crippen LogP contribution in [-0.4, -0.2) is 45.3 Å². The topological polar surface area (TPSA) is 60.3 Å². The second-order valence-corrected chi connectivity index (χ2v) is 6.74. The second-order valence-electron chi connectivity index (χ2n) is 6.74. The van der Waals surface area contributed by atoms with Gasteiger partial charge in [0.05, 0.1) is 29.8 Å². The van der Waals surface area contributed by atoms with E-state index in [1.165, 1.54) is 0 Å². The normalized spacial score (nSPS) is 17.7. The van der Waals surface area contributed by atoms with Crippen LogP contribution in [0.5, 0.6) is 0 Å². The lowest BCUT2D eigenvalue weighted by atomic mass is 10.1. The Balaban J connectivity index is 1.69. The molecule has 3 heterocycles. The summed E-state index contributed by atoms with van der Waals surface area (Å²) >= 11 is 0. The highest BCUT2D eigenvalue weighted by molar-refractivity contribution is 6.06. The van der Waals surface area contributed by atoms with Crippen LogP contribution in [0.4, 0.5) is 0 Å². The average molecular weight is 350 g/mol. The molecule has 26 heavy (non-hydrogen) atoms. The maximum atomic E-state index is 13.3. The molecule has 4 rings (SSSR count). The predicted molar refractivity (Wildman–Crippen MR) is 99.0 cm³/mol. The molecule has 1 amide bonds. The molecule has 6 nitrogen and oxygen atoms in total. The highest BCUT2D eigenvalue weighted by Gasteiger charge is 2.28. The van der Waals surface area contributed by atoms with E-state index in [-0.39, 0.29) is 12.0 Å². The van der Waals surface area contributed by atoms with Gasteiger partial charge < -0.3 is 9.64 Å². The fourth-order valence-corrected chi connectivity index (χ4v) is 3.61. The van der Waals surface area contributed by atoms with Crippen LogP contribution in [0.15, 0.2) is 36.4 Å². The van der Waals surface area contributed by atoms with Crippen LogP contribution in [0.25, 0.3) is 11.0 Å². The highest BCUT2D eigenvalue weighted by Crippen LogP contribution is 2.26. The first kappa shape index (κ1) is 16.7. The minimum absolute atomic E-state index is 0.0147. The number of carbonyl (C=O) groups excluding carboxylic acids is 1. The SMILES string of the molecule is Cc1cc(C(=O)N2CCO[C@@H](c3ccccc3)C2)c2c(C)nn(C)c2n1. The van der Waals surface area contributed by atoms with E-state index in [1.54, 1.807) is 4.68 Å². The van der Waals surface area contributed by atoms with Crippen LogP contribution in [-0.2, 0) is 11.8 Å². The first-order valence-corrected chi connectivity index (χ1v) is 8.81. The first-order valence-electron chi connectivity index (χ1n) is 8.81. The Bertz CT molecular complexity index is 965. The summed E-state index contributed by atoms with van der Waals surface area (Å²) in [5.74, 6) is 0.0147. The summed E-state index contributed by atoms with van der Waals surface area (Å²) in [5.41, 5.74) is 4.16. The zero-order chi connectivity index (χ0) is 18.3. The van der Waals surface area contributed by atoms with E-state index in [2.05, 4.69) is 10.1 Å². The molecule has 6 heteroatoms. The van der Waals surface area contributed by atoms with Gasteiger partial charge in [-0.3, -0.25) is 9.48 Å². The molecule has 1 aliphatic rings. The summed E-state index contributed by atoms with van der Waals surface area (Å²) in [5, 5.41) is 5.28. The molecule has 0 unspecified atom stereocenters. The third kappa shape index (κ3) is 2.86. The van der Waals surface area contributed by atoms with E-state index < -0.39 is 0 Å². The van der Waals surface area contributed by atoms with Gasteiger partial charge in [-0.05, 0) is 25.5 Å².